The number of hydrogen-bond donors (Lipinski definition) is 1. The summed E-state index contributed by atoms with van der Waals surface area (Å²) < 4.78 is 6.39. The summed E-state index contributed by atoms with van der Waals surface area (Å²) in [4.78, 5) is 11.9. The van der Waals surface area contributed by atoms with Gasteiger partial charge in [0.2, 0.25) is 5.91 Å². The molecular formula is C15H15N5O2. The lowest BCUT2D eigenvalue weighted by Gasteiger charge is -2.14. The van der Waals surface area contributed by atoms with Gasteiger partial charge in [-0.2, -0.15) is 0 Å². The summed E-state index contributed by atoms with van der Waals surface area (Å²) >= 11 is 0. The molecule has 7 heteroatoms. The second kappa shape index (κ2) is 6.21. The van der Waals surface area contributed by atoms with Gasteiger partial charge in [-0.05, 0) is 24.6 Å². The Bertz CT molecular complexity index is 720. The molecule has 3 aromatic rings. The monoisotopic (exact) mass is 297 g/mol. The minimum Gasteiger partial charge on any atom is -0.364 e. The van der Waals surface area contributed by atoms with Gasteiger partial charge in [-0.1, -0.05) is 22.5 Å². The molecule has 0 aliphatic rings. The highest BCUT2D eigenvalue weighted by atomic mass is 16.5. The van der Waals surface area contributed by atoms with E-state index in [1.807, 2.05) is 31.2 Å². The first kappa shape index (κ1) is 14.0. The third-order valence-electron chi connectivity index (χ3n) is 3.29. The van der Waals surface area contributed by atoms with Crippen LogP contribution in [-0.4, -0.2) is 26.1 Å². The minimum absolute atomic E-state index is 0.0933. The highest BCUT2D eigenvalue weighted by Crippen LogP contribution is 2.15. The lowest BCUT2D eigenvalue weighted by Crippen LogP contribution is -2.28. The molecule has 1 atom stereocenters. The molecule has 0 saturated heterocycles. The van der Waals surface area contributed by atoms with Gasteiger partial charge >= 0.3 is 0 Å². The number of carbonyl (C=O) groups excluding carboxylic acids is 1. The van der Waals surface area contributed by atoms with Crippen molar-refractivity contribution in [1.29, 1.82) is 0 Å². The van der Waals surface area contributed by atoms with Crippen molar-refractivity contribution in [2.24, 2.45) is 0 Å². The summed E-state index contributed by atoms with van der Waals surface area (Å²) in [5.74, 6) is -0.0956. The van der Waals surface area contributed by atoms with E-state index in [4.69, 9.17) is 4.52 Å². The summed E-state index contributed by atoms with van der Waals surface area (Å²) in [6.07, 6.45) is 5.06. The van der Waals surface area contributed by atoms with Crippen LogP contribution in [-0.2, 0) is 11.2 Å². The molecule has 0 saturated carbocycles. The molecule has 112 valence electrons. The van der Waals surface area contributed by atoms with E-state index in [1.165, 1.54) is 6.26 Å². The fourth-order valence-corrected chi connectivity index (χ4v) is 2.13. The Hall–Kier alpha value is -2.96. The third-order valence-corrected chi connectivity index (χ3v) is 3.29. The average molecular weight is 297 g/mol. The van der Waals surface area contributed by atoms with E-state index >= 15 is 0 Å². The van der Waals surface area contributed by atoms with Crippen LogP contribution in [0.4, 0.5) is 0 Å². The van der Waals surface area contributed by atoms with Crippen molar-refractivity contribution in [1.82, 2.24) is 25.5 Å². The van der Waals surface area contributed by atoms with Gasteiger partial charge in [-0.15, -0.1) is 5.10 Å². The van der Waals surface area contributed by atoms with E-state index in [2.05, 4.69) is 20.8 Å². The Balaban J connectivity index is 1.62. The predicted octanol–water partition coefficient (Wildman–Crippen LogP) is 1.68. The summed E-state index contributed by atoms with van der Waals surface area (Å²) in [6.45, 7) is 1.94. The molecule has 7 nitrogen and oxygen atoms in total. The average Bonchev–Trinajstić information content (AvgIpc) is 3.20. The first-order chi connectivity index (χ1) is 10.7. The number of amides is 1. The van der Waals surface area contributed by atoms with Crippen molar-refractivity contribution in [3.63, 3.8) is 0 Å². The van der Waals surface area contributed by atoms with Crippen LogP contribution >= 0.6 is 0 Å². The summed E-state index contributed by atoms with van der Waals surface area (Å²) in [5.41, 5.74) is 2.55. The highest BCUT2D eigenvalue weighted by Gasteiger charge is 2.11. The van der Waals surface area contributed by atoms with Gasteiger partial charge in [0.15, 0.2) is 0 Å². The number of nitrogens with zero attached hydrogens (tertiary/aromatic N) is 4. The van der Waals surface area contributed by atoms with Crippen LogP contribution in [0, 0.1) is 0 Å². The molecule has 0 aliphatic carbocycles. The summed E-state index contributed by atoms with van der Waals surface area (Å²) in [5, 5.41) is 14.4. The van der Waals surface area contributed by atoms with Gasteiger partial charge in [0, 0.05) is 6.07 Å². The van der Waals surface area contributed by atoms with E-state index < -0.39 is 0 Å². The quantitative estimate of drug-likeness (QED) is 0.774. The summed E-state index contributed by atoms with van der Waals surface area (Å²) in [7, 11) is 0. The molecule has 0 aliphatic heterocycles. The minimum atomic E-state index is -0.0956. The molecule has 3 rings (SSSR count). The number of rotatable bonds is 5. The van der Waals surface area contributed by atoms with E-state index in [-0.39, 0.29) is 18.4 Å². The molecule has 0 unspecified atom stereocenters. The first-order valence-electron chi connectivity index (χ1n) is 6.87. The Morgan fingerprint density at radius 2 is 2.14 bits per heavy atom. The third kappa shape index (κ3) is 3.20. The van der Waals surface area contributed by atoms with Crippen molar-refractivity contribution in [2.75, 3.05) is 0 Å². The van der Waals surface area contributed by atoms with Gasteiger partial charge in [-0.25, -0.2) is 4.68 Å². The molecule has 0 bridgehead atoms. The van der Waals surface area contributed by atoms with Gasteiger partial charge in [0.25, 0.3) is 0 Å². The molecule has 0 radical (unpaired) electrons. The van der Waals surface area contributed by atoms with E-state index in [0.717, 1.165) is 11.3 Å². The Labute approximate surface area is 126 Å². The zero-order valence-corrected chi connectivity index (χ0v) is 12.0. The number of aromatic nitrogens is 4. The van der Waals surface area contributed by atoms with Crippen molar-refractivity contribution >= 4 is 5.91 Å². The van der Waals surface area contributed by atoms with Crippen LogP contribution in [0.2, 0.25) is 0 Å². The largest absolute Gasteiger partial charge is 0.364 e. The van der Waals surface area contributed by atoms with Crippen LogP contribution in [0.25, 0.3) is 5.69 Å². The van der Waals surface area contributed by atoms with Crippen LogP contribution < -0.4 is 5.32 Å². The lowest BCUT2D eigenvalue weighted by atomic mass is 10.1. The summed E-state index contributed by atoms with van der Waals surface area (Å²) in [6, 6.07) is 9.37. The topological polar surface area (TPSA) is 85.8 Å². The van der Waals surface area contributed by atoms with Crippen molar-refractivity contribution in [2.45, 2.75) is 19.4 Å². The first-order valence-corrected chi connectivity index (χ1v) is 6.87. The van der Waals surface area contributed by atoms with Crippen LogP contribution in [0.15, 0.2) is 53.5 Å². The molecule has 22 heavy (non-hydrogen) atoms. The number of hydrogen-bond acceptors (Lipinski definition) is 5. The van der Waals surface area contributed by atoms with Gasteiger partial charge in [0.1, 0.15) is 6.26 Å². The molecular weight excluding hydrogens is 282 g/mol. The molecule has 2 heterocycles. The fourth-order valence-electron chi connectivity index (χ4n) is 2.13. The van der Waals surface area contributed by atoms with E-state index in [0.29, 0.717) is 5.69 Å². The maximum absolute atomic E-state index is 11.9. The number of benzene rings is 1. The number of nitrogens with one attached hydrogen (secondary N) is 1. The Morgan fingerprint density at radius 1 is 1.32 bits per heavy atom. The SMILES string of the molecule is C[C@@H](NC(=O)Cc1ccon1)c1ccc(-n2ccnn2)cc1. The van der Waals surface area contributed by atoms with Crippen LogP contribution in [0.1, 0.15) is 24.2 Å². The molecule has 1 N–H and O–H groups in total. The van der Waals surface area contributed by atoms with Crippen molar-refractivity contribution in [3.8, 4) is 5.69 Å². The van der Waals surface area contributed by atoms with Crippen LogP contribution in [0.3, 0.4) is 0 Å². The molecule has 0 fully saturated rings. The van der Waals surface area contributed by atoms with E-state index in [9.17, 15) is 4.79 Å². The van der Waals surface area contributed by atoms with Gasteiger partial charge in [-0.3, -0.25) is 4.79 Å². The second-order valence-corrected chi connectivity index (χ2v) is 4.90. The van der Waals surface area contributed by atoms with Gasteiger partial charge in [0.05, 0.1) is 36.2 Å². The molecule has 2 aromatic heterocycles. The fraction of sp³-hybridized carbons (Fsp3) is 0.200. The van der Waals surface area contributed by atoms with Crippen molar-refractivity contribution in [3.05, 3.63) is 60.2 Å². The molecule has 0 spiro atoms. The zero-order valence-electron chi connectivity index (χ0n) is 12.0. The Morgan fingerprint density at radius 3 is 2.77 bits per heavy atom. The maximum Gasteiger partial charge on any atom is 0.226 e. The predicted molar refractivity (Wildman–Crippen MR) is 78.1 cm³/mol. The maximum atomic E-state index is 11.9. The smallest absolute Gasteiger partial charge is 0.226 e. The van der Waals surface area contributed by atoms with E-state index in [1.54, 1.807) is 23.1 Å². The normalized spacial score (nSPS) is 12.0. The number of carbonyl (C=O) groups is 1. The second-order valence-electron chi connectivity index (χ2n) is 4.90. The zero-order chi connectivity index (χ0) is 15.4. The standard InChI is InChI=1S/C15H15N5O2/c1-11(17-15(21)10-13-6-9-22-18-13)12-2-4-14(5-3-12)20-8-7-16-19-20/h2-9,11H,10H2,1H3,(H,17,21)/t11-/m1/s1. The molecule has 1 amide bonds. The van der Waals surface area contributed by atoms with Gasteiger partial charge < -0.3 is 9.84 Å². The Kier molecular flexibility index (Phi) is 3.95. The van der Waals surface area contributed by atoms with Crippen LogP contribution in [0.5, 0.6) is 0 Å². The highest BCUT2D eigenvalue weighted by molar-refractivity contribution is 5.78. The lowest BCUT2D eigenvalue weighted by molar-refractivity contribution is -0.121. The molecule has 1 aromatic carbocycles. The van der Waals surface area contributed by atoms with Crippen molar-refractivity contribution < 1.29 is 9.32 Å².